The van der Waals surface area contributed by atoms with E-state index >= 15 is 0 Å². The van der Waals surface area contributed by atoms with Crippen LogP contribution in [0.3, 0.4) is 0 Å². The third-order valence-corrected chi connectivity index (χ3v) is 4.23. The molecule has 0 aliphatic carbocycles. The normalized spacial score (nSPS) is 16.8. The van der Waals surface area contributed by atoms with E-state index in [2.05, 4.69) is 45.5 Å². The number of piperidine rings is 1. The van der Waals surface area contributed by atoms with Crippen molar-refractivity contribution in [2.45, 2.75) is 19.4 Å². The molecule has 0 bridgehead atoms. The lowest BCUT2D eigenvalue weighted by molar-refractivity contribution is 0.182. The Morgan fingerprint density at radius 1 is 1.00 bits per heavy atom. The second-order valence-electron chi connectivity index (χ2n) is 5.82. The Bertz CT molecular complexity index is 519. The van der Waals surface area contributed by atoms with E-state index in [0.29, 0.717) is 0 Å². The predicted octanol–water partition coefficient (Wildman–Crippen LogP) is 3.41. The second kappa shape index (κ2) is 7.23. The summed E-state index contributed by atoms with van der Waals surface area (Å²) in [5.74, 6) is 0.783. The molecule has 1 aliphatic rings. The molecule has 2 aromatic rings. The summed E-state index contributed by atoms with van der Waals surface area (Å²) in [5, 5.41) is 3.52. The predicted molar refractivity (Wildman–Crippen MR) is 87.2 cm³/mol. The van der Waals surface area contributed by atoms with E-state index in [0.717, 1.165) is 19.0 Å². The fourth-order valence-corrected chi connectivity index (χ4v) is 2.92. The van der Waals surface area contributed by atoms with Gasteiger partial charge in [-0.1, -0.05) is 30.3 Å². The molecule has 1 fully saturated rings. The Labute approximate surface area is 127 Å². The van der Waals surface area contributed by atoms with E-state index in [-0.39, 0.29) is 0 Å². The lowest BCUT2D eigenvalue weighted by atomic mass is 9.96. The van der Waals surface area contributed by atoms with Gasteiger partial charge in [0, 0.05) is 31.2 Å². The summed E-state index contributed by atoms with van der Waals surface area (Å²) >= 11 is 0. The number of rotatable bonds is 5. The molecule has 21 heavy (non-hydrogen) atoms. The highest BCUT2D eigenvalue weighted by Crippen LogP contribution is 2.19. The molecule has 0 radical (unpaired) electrons. The van der Waals surface area contributed by atoms with Gasteiger partial charge in [-0.25, -0.2) is 0 Å². The molecule has 1 aliphatic heterocycles. The van der Waals surface area contributed by atoms with Crippen LogP contribution >= 0.6 is 0 Å². The Morgan fingerprint density at radius 3 is 2.43 bits per heavy atom. The zero-order chi connectivity index (χ0) is 14.3. The summed E-state index contributed by atoms with van der Waals surface area (Å²) in [6.45, 7) is 4.57. The molecule has 1 aromatic carbocycles. The Morgan fingerprint density at radius 2 is 1.71 bits per heavy atom. The molecular weight excluding hydrogens is 258 g/mol. The van der Waals surface area contributed by atoms with Gasteiger partial charge in [0.05, 0.1) is 0 Å². The smallest absolute Gasteiger partial charge is 0.0371 e. The van der Waals surface area contributed by atoms with Crippen LogP contribution in [-0.4, -0.2) is 29.5 Å². The van der Waals surface area contributed by atoms with Crippen LogP contribution in [0.15, 0.2) is 54.9 Å². The lowest BCUT2D eigenvalue weighted by Crippen LogP contribution is -2.35. The van der Waals surface area contributed by atoms with E-state index in [1.807, 2.05) is 24.5 Å². The summed E-state index contributed by atoms with van der Waals surface area (Å²) in [7, 11) is 0. The van der Waals surface area contributed by atoms with Gasteiger partial charge in [0.2, 0.25) is 0 Å². The number of hydrogen-bond acceptors (Lipinski definition) is 3. The molecule has 0 saturated carbocycles. The van der Waals surface area contributed by atoms with E-state index in [4.69, 9.17) is 0 Å². The number of benzene rings is 1. The van der Waals surface area contributed by atoms with E-state index < -0.39 is 0 Å². The zero-order valence-electron chi connectivity index (χ0n) is 12.4. The largest absolute Gasteiger partial charge is 0.385 e. The first kappa shape index (κ1) is 14.1. The topological polar surface area (TPSA) is 28.2 Å². The van der Waals surface area contributed by atoms with Gasteiger partial charge in [-0.3, -0.25) is 9.88 Å². The average Bonchev–Trinajstić information content (AvgIpc) is 2.56. The molecule has 2 heterocycles. The highest BCUT2D eigenvalue weighted by atomic mass is 15.1. The Hall–Kier alpha value is -1.87. The maximum absolute atomic E-state index is 4.04. The van der Waals surface area contributed by atoms with Gasteiger partial charge >= 0.3 is 0 Å². The summed E-state index contributed by atoms with van der Waals surface area (Å²) in [4.78, 5) is 6.61. The number of nitrogens with zero attached hydrogens (tertiary/aromatic N) is 2. The quantitative estimate of drug-likeness (QED) is 0.910. The molecule has 0 amide bonds. The highest BCUT2D eigenvalue weighted by molar-refractivity contribution is 5.40. The van der Waals surface area contributed by atoms with Crippen LogP contribution in [0.2, 0.25) is 0 Å². The van der Waals surface area contributed by atoms with Gasteiger partial charge in [-0.05, 0) is 49.5 Å². The van der Waals surface area contributed by atoms with Crippen LogP contribution in [0.5, 0.6) is 0 Å². The molecule has 0 atom stereocenters. The molecule has 1 saturated heterocycles. The molecule has 3 rings (SSSR count). The van der Waals surface area contributed by atoms with E-state index in [9.17, 15) is 0 Å². The zero-order valence-corrected chi connectivity index (χ0v) is 12.4. The standard InChI is InChI=1S/C18H23N3/c1-2-4-17(5-3-1)15-21-12-8-16(9-13-21)14-20-18-6-10-19-11-7-18/h1-7,10-11,16H,8-9,12-15H2,(H,19,20). The van der Waals surface area contributed by atoms with Gasteiger partial charge in [-0.15, -0.1) is 0 Å². The fourth-order valence-electron chi connectivity index (χ4n) is 2.92. The van der Waals surface area contributed by atoms with Crippen LogP contribution in [0.25, 0.3) is 0 Å². The summed E-state index contributed by atoms with van der Waals surface area (Å²) in [6.07, 6.45) is 6.24. The molecule has 0 unspecified atom stereocenters. The molecule has 110 valence electrons. The fraction of sp³-hybridized carbons (Fsp3) is 0.389. The number of nitrogens with one attached hydrogen (secondary N) is 1. The van der Waals surface area contributed by atoms with Crippen LogP contribution in [-0.2, 0) is 6.54 Å². The number of hydrogen-bond donors (Lipinski definition) is 1. The minimum Gasteiger partial charge on any atom is -0.385 e. The Kier molecular flexibility index (Phi) is 4.85. The van der Waals surface area contributed by atoms with Crippen molar-refractivity contribution in [3.63, 3.8) is 0 Å². The number of pyridine rings is 1. The van der Waals surface area contributed by atoms with Gasteiger partial charge in [0.25, 0.3) is 0 Å². The van der Waals surface area contributed by atoms with Crippen molar-refractivity contribution in [2.75, 3.05) is 25.0 Å². The minimum absolute atomic E-state index is 0.783. The van der Waals surface area contributed by atoms with Gasteiger partial charge in [0.1, 0.15) is 0 Å². The number of aromatic nitrogens is 1. The van der Waals surface area contributed by atoms with Gasteiger partial charge in [-0.2, -0.15) is 0 Å². The van der Waals surface area contributed by atoms with Gasteiger partial charge < -0.3 is 5.32 Å². The van der Waals surface area contributed by atoms with Crippen LogP contribution in [0, 0.1) is 5.92 Å². The highest BCUT2D eigenvalue weighted by Gasteiger charge is 2.18. The molecule has 0 spiro atoms. The molecule has 3 nitrogen and oxygen atoms in total. The SMILES string of the molecule is c1ccc(CN2CCC(CNc3ccncc3)CC2)cc1. The number of anilines is 1. The third kappa shape index (κ3) is 4.30. The van der Waals surface area contributed by atoms with Gasteiger partial charge in [0.15, 0.2) is 0 Å². The summed E-state index contributed by atoms with van der Waals surface area (Å²) in [5.41, 5.74) is 2.60. The first-order valence-electron chi connectivity index (χ1n) is 7.80. The van der Waals surface area contributed by atoms with E-state index in [1.54, 1.807) is 0 Å². The summed E-state index contributed by atoms with van der Waals surface area (Å²) in [6, 6.07) is 14.8. The maximum Gasteiger partial charge on any atom is 0.0371 e. The third-order valence-electron chi connectivity index (χ3n) is 4.23. The van der Waals surface area contributed by atoms with E-state index in [1.165, 1.54) is 37.2 Å². The number of likely N-dealkylation sites (tertiary alicyclic amines) is 1. The first-order valence-corrected chi connectivity index (χ1v) is 7.80. The van der Waals surface area contributed by atoms with Crippen molar-refractivity contribution in [1.29, 1.82) is 0 Å². The van der Waals surface area contributed by atoms with Crippen molar-refractivity contribution in [2.24, 2.45) is 5.92 Å². The summed E-state index contributed by atoms with van der Waals surface area (Å²) < 4.78 is 0. The maximum atomic E-state index is 4.04. The molecular formula is C18H23N3. The molecule has 1 N–H and O–H groups in total. The minimum atomic E-state index is 0.783. The second-order valence-corrected chi connectivity index (χ2v) is 5.82. The first-order chi connectivity index (χ1) is 10.4. The van der Waals surface area contributed by atoms with Crippen LogP contribution < -0.4 is 5.32 Å². The Balaban J connectivity index is 1.41. The monoisotopic (exact) mass is 281 g/mol. The van der Waals surface area contributed by atoms with Crippen molar-refractivity contribution in [3.05, 3.63) is 60.4 Å². The van der Waals surface area contributed by atoms with Crippen molar-refractivity contribution in [1.82, 2.24) is 9.88 Å². The molecule has 1 aromatic heterocycles. The van der Waals surface area contributed by atoms with Crippen molar-refractivity contribution < 1.29 is 0 Å². The molecule has 3 heteroatoms. The van der Waals surface area contributed by atoms with Crippen molar-refractivity contribution in [3.8, 4) is 0 Å². The lowest BCUT2D eigenvalue weighted by Gasteiger charge is -2.32. The van der Waals surface area contributed by atoms with Crippen molar-refractivity contribution >= 4 is 5.69 Å². The van der Waals surface area contributed by atoms with Crippen LogP contribution in [0.1, 0.15) is 18.4 Å². The van der Waals surface area contributed by atoms with Crippen LogP contribution in [0.4, 0.5) is 5.69 Å². The average molecular weight is 281 g/mol.